The van der Waals surface area contributed by atoms with Gasteiger partial charge in [0.1, 0.15) is 5.76 Å². The predicted molar refractivity (Wildman–Crippen MR) is 66.4 cm³/mol. The third-order valence-electron chi connectivity index (χ3n) is 2.38. The molecule has 0 saturated carbocycles. The summed E-state index contributed by atoms with van der Waals surface area (Å²) in [6.45, 7) is 6.36. The van der Waals surface area contributed by atoms with Crippen LogP contribution in [0.5, 0.6) is 0 Å². The van der Waals surface area contributed by atoms with E-state index in [1.165, 1.54) is 0 Å². The van der Waals surface area contributed by atoms with Gasteiger partial charge < -0.3 is 10.5 Å². The molecule has 4 heteroatoms. The number of aromatic nitrogens is 1. The van der Waals surface area contributed by atoms with Crippen molar-refractivity contribution >= 4 is 22.3 Å². The van der Waals surface area contributed by atoms with E-state index in [0.717, 1.165) is 16.5 Å². The average molecular weight is 451 g/mol. The number of fused-ring (bicyclic) bond motifs is 1. The van der Waals surface area contributed by atoms with Crippen molar-refractivity contribution in [3.8, 4) is 0 Å². The number of benzene rings is 1. The van der Waals surface area contributed by atoms with Crippen LogP contribution in [0.15, 0.2) is 37.0 Å². The molecule has 0 spiro atoms. The zero-order valence-electron chi connectivity index (χ0n) is 9.66. The molecule has 0 saturated heterocycles. The summed E-state index contributed by atoms with van der Waals surface area (Å²) in [5.74, 6) is 0.632. The minimum absolute atomic E-state index is 0. The molecule has 0 unspecified atom stereocenters. The van der Waals surface area contributed by atoms with Gasteiger partial charge in [-0.15, -0.1) is 5.69 Å². The van der Waals surface area contributed by atoms with Gasteiger partial charge in [0.15, 0.2) is 0 Å². The van der Waals surface area contributed by atoms with Crippen molar-refractivity contribution in [3.63, 3.8) is 0 Å². The van der Waals surface area contributed by atoms with E-state index in [1.807, 2.05) is 25.1 Å². The predicted octanol–water partition coefficient (Wildman–Crippen LogP) is 3.93. The van der Waals surface area contributed by atoms with Gasteiger partial charge in [-0.1, -0.05) is 12.6 Å². The molecule has 1 aromatic heterocycles. The van der Waals surface area contributed by atoms with Crippen molar-refractivity contribution in [2.75, 3.05) is 6.61 Å². The molecule has 2 rings (SSSR count). The minimum atomic E-state index is 0. The van der Waals surface area contributed by atoms with Gasteiger partial charge in [-0.2, -0.15) is 0 Å². The zero-order valence-corrected chi connectivity index (χ0v) is 13.8. The van der Waals surface area contributed by atoms with E-state index in [1.54, 1.807) is 12.3 Å². The summed E-state index contributed by atoms with van der Waals surface area (Å²) in [5, 5.41) is 0.820. The molecule has 2 aromatic rings. The third-order valence-corrected chi connectivity index (χ3v) is 2.38. The monoisotopic (exact) mass is 451 g/mol. The number of hydrogen-bond acceptors (Lipinski definition) is 2. The summed E-state index contributed by atoms with van der Waals surface area (Å²) in [6, 6.07) is 7.36. The van der Waals surface area contributed by atoms with Crippen LogP contribution in [0, 0.1) is 31.1 Å². The molecule has 3 nitrogen and oxygen atoms in total. The topological polar surface area (TPSA) is 45.9 Å². The molecular formula is C13H13N2OU-. The first-order valence-electron chi connectivity index (χ1n) is 5.15. The summed E-state index contributed by atoms with van der Waals surface area (Å²) < 4.78 is 5.34. The normalized spacial score (nSPS) is 9.71. The Balaban J connectivity index is 0.00000144. The molecule has 0 aliphatic heterocycles. The maximum absolute atomic E-state index is 7.79. The zero-order chi connectivity index (χ0) is 11.5. The van der Waals surface area contributed by atoms with Gasteiger partial charge in [-0.05, 0) is 30.5 Å². The maximum Gasteiger partial charge on any atom is 0.119 e. The molecule has 0 amide bonds. The van der Waals surface area contributed by atoms with Crippen LogP contribution in [0.2, 0.25) is 0 Å². The Morgan fingerprint density at radius 3 is 2.88 bits per heavy atom. The minimum Gasteiger partial charge on any atom is -0.698 e. The first-order chi connectivity index (χ1) is 7.72. The van der Waals surface area contributed by atoms with Crippen LogP contribution in [0.1, 0.15) is 12.5 Å². The van der Waals surface area contributed by atoms with Crippen molar-refractivity contribution in [2.24, 2.45) is 0 Å². The van der Waals surface area contributed by atoms with Gasteiger partial charge in [0.05, 0.1) is 12.1 Å². The van der Waals surface area contributed by atoms with Gasteiger partial charge in [-0.25, -0.2) is 0 Å². The molecule has 1 N–H and O–H groups in total. The van der Waals surface area contributed by atoms with Crippen LogP contribution in [0.3, 0.4) is 0 Å². The molecule has 0 atom stereocenters. The van der Waals surface area contributed by atoms with E-state index < -0.39 is 0 Å². The summed E-state index contributed by atoms with van der Waals surface area (Å²) in [4.78, 5) is 4.20. The number of hydrogen-bond donors (Lipinski definition) is 0. The molecule has 17 heavy (non-hydrogen) atoms. The van der Waals surface area contributed by atoms with Crippen molar-refractivity contribution in [3.05, 3.63) is 48.3 Å². The van der Waals surface area contributed by atoms with E-state index in [9.17, 15) is 0 Å². The molecule has 1 aromatic carbocycles. The van der Waals surface area contributed by atoms with Crippen molar-refractivity contribution in [1.82, 2.24) is 4.98 Å². The number of nitrogens with one attached hydrogen (secondary N) is 1. The van der Waals surface area contributed by atoms with Gasteiger partial charge in [0, 0.05) is 42.9 Å². The molecular weight excluding hydrogens is 438 g/mol. The van der Waals surface area contributed by atoms with Crippen LogP contribution < -0.4 is 0 Å². The smallest absolute Gasteiger partial charge is 0.119 e. The summed E-state index contributed by atoms with van der Waals surface area (Å²) in [5.41, 5.74) is 9.98. The molecule has 0 bridgehead atoms. The fraction of sp³-hybridized carbons (Fsp3) is 0.154. The second-order valence-corrected chi connectivity index (χ2v) is 3.45. The second-order valence-electron chi connectivity index (χ2n) is 3.45. The molecule has 0 aliphatic carbocycles. The number of pyridine rings is 1. The maximum atomic E-state index is 7.79. The molecule has 1 heterocycles. The first kappa shape index (κ1) is 14.1. The number of rotatable bonds is 3. The fourth-order valence-corrected chi connectivity index (χ4v) is 1.58. The average Bonchev–Trinajstić information content (AvgIpc) is 2.29. The Hall–Kier alpha value is -0.978. The fourth-order valence-electron chi connectivity index (χ4n) is 1.58. The summed E-state index contributed by atoms with van der Waals surface area (Å²) in [7, 11) is 0. The second kappa shape index (κ2) is 6.09. The Morgan fingerprint density at radius 1 is 1.41 bits per heavy atom. The van der Waals surface area contributed by atoms with Gasteiger partial charge >= 0.3 is 0 Å². The van der Waals surface area contributed by atoms with Crippen molar-refractivity contribution in [2.45, 2.75) is 6.92 Å². The number of ether oxygens (including phenoxy) is 1. The van der Waals surface area contributed by atoms with Crippen molar-refractivity contribution in [1.29, 1.82) is 0 Å². The third kappa shape index (κ3) is 3.02. The molecule has 0 fully saturated rings. The van der Waals surface area contributed by atoms with E-state index in [0.29, 0.717) is 18.1 Å². The SMILES string of the molecule is C=C(OCC)c1ccc2nccc([NH-])c2c1.[U]. The molecule has 0 aliphatic rings. The molecule has 86 valence electrons. The van der Waals surface area contributed by atoms with Gasteiger partial charge in [-0.3, -0.25) is 4.98 Å². The Bertz CT molecular complexity index is 540. The Kier molecular flexibility index (Phi) is 5.05. The van der Waals surface area contributed by atoms with E-state index in [2.05, 4.69) is 11.6 Å². The van der Waals surface area contributed by atoms with Crippen LogP contribution in [0.25, 0.3) is 22.4 Å². The van der Waals surface area contributed by atoms with Crippen molar-refractivity contribution < 1.29 is 35.9 Å². The van der Waals surface area contributed by atoms with E-state index in [-0.39, 0.29) is 31.1 Å². The largest absolute Gasteiger partial charge is 0.698 e. The Labute approximate surface area is 124 Å². The first-order valence-corrected chi connectivity index (χ1v) is 5.15. The quantitative estimate of drug-likeness (QED) is 0.665. The standard InChI is InChI=1S/C13H13N2O.U/c1-3-16-9(2)10-4-5-13-11(8-10)12(14)6-7-15-13;/h4-8H,2-3H2,1H3,(H-,14,15);/q-1;. The van der Waals surface area contributed by atoms with Crippen LogP contribution >= 0.6 is 0 Å². The van der Waals surface area contributed by atoms with Crippen LogP contribution in [-0.2, 0) is 4.74 Å². The van der Waals surface area contributed by atoms with Crippen LogP contribution in [0.4, 0.5) is 5.69 Å². The molecule has 0 radical (unpaired) electrons. The Morgan fingerprint density at radius 2 is 2.18 bits per heavy atom. The summed E-state index contributed by atoms with van der Waals surface area (Å²) >= 11 is 0. The number of nitrogens with zero attached hydrogens (tertiary/aromatic N) is 1. The van der Waals surface area contributed by atoms with E-state index >= 15 is 0 Å². The van der Waals surface area contributed by atoms with Gasteiger partial charge in [0.25, 0.3) is 0 Å². The van der Waals surface area contributed by atoms with Crippen LogP contribution in [-0.4, -0.2) is 11.6 Å². The van der Waals surface area contributed by atoms with E-state index in [4.69, 9.17) is 10.5 Å². The summed E-state index contributed by atoms with van der Waals surface area (Å²) in [6.07, 6.45) is 1.64. The van der Waals surface area contributed by atoms with Gasteiger partial charge in [0.2, 0.25) is 0 Å².